The summed E-state index contributed by atoms with van der Waals surface area (Å²) in [5.41, 5.74) is 1.80. The highest BCUT2D eigenvalue weighted by molar-refractivity contribution is 7.89. The molecule has 0 saturated carbocycles. The number of carbonyl (C=O) groups excluding carboxylic acids is 1. The Kier molecular flexibility index (Phi) is 6.88. The number of anilines is 1. The monoisotopic (exact) mass is 471 g/mol. The van der Waals surface area contributed by atoms with Gasteiger partial charge in [0.1, 0.15) is 5.75 Å². The van der Waals surface area contributed by atoms with Gasteiger partial charge in [0.05, 0.1) is 17.7 Å². The second-order valence-electron chi connectivity index (χ2n) is 7.54. The van der Waals surface area contributed by atoms with Gasteiger partial charge in [-0.15, -0.1) is 11.3 Å². The van der Waals surface area contributed by atoms with E-state index in [0.29, 0.717) is 29.7 Å². The maximum absolute atomic E-state index is 13.1. The van der Waals surface area contributed by atoms with Crippen LogP contribution in [0.4, 0.5) is 5.13 Å². The number of benzene rings is 2. The Hall–Kier alpha value is -2.75. The molecular weight excluding hydrogens is 446 g/mol. The fraction of sp³-hybridized carbons (Fsp3) is 0.304. The maximum atomic E-state index is 13.1. The number of amides is 1. The van der Waals surface area contributed by atoms with E-state index in [-0.39, 0.29) is 10.5 Å². The van der Waals surface area contributed by atoms with Crippen LogP contribution in [-0.2, 0) is 10.0 Å². The Balaban J connectivity index is 1.52. The van der Waals surface area contributed by atoms with Crippen LogP contribution >= 0.6 is 11.3 Å². The number of carbonyl (C=O) groups is 1. The molecule has 1 aromatic heterocycles. The summed E-state index contributed by atoms with van der Waals surface area (Å²) in [4.78, 5) is 17.4. The summed E-state index contributed by atoms with van der Waals surface area (Å²) in [5.74, 6) is 0.293. The Bertz CT molecular complexity index is 1200. The lowest BCUT2D eigenvalue weighted by Gasteiger charge is -2.20. The molecule has 1 fully saturated rings. The van der Waals surface area contributed by atoms with Gasteiger partial charge in [-0.2, -0.15) is 4.31 Å². The molecule has 32 heavy (non-hydrogen) atoms. The molecule has 1 amide bonds. The van der Waals surface area contributed by atoms with E-state index in [4.69, 9.17) is 4.74 Å². The first-order valence-corrected chi connectivity index (χ1v) is 12.8. The van der Waals surface area contributed by atoms with Crippen molar-refractivity contribution in [3.05, 3.63) is 59.5 Å². The molecule has 4 rings (SSSR count). The van der Waals surface area contributed by atoms with Crippen LogP contribution in [0.5, 0.6) is 5.75 Å². The molecule has 0 atom stereocenters. The van der Waals surface area contributed by atoms with Gasteiger partial charge in [0, 0.05) is 29.6 Å². The molecule has 1 aliphatic rings. The molecule has 0 spiro atoms. The fourth-order valence-electron chi connectivity index (χ4n) is 3.71. The van der Waals surface area contributed by atoms with E-state index in [1.807, 2.05) is 29.6 Å². The lowest BCUT2D eigenvalue weighted by Crippen LogP contribution is -2.32. The summed E-state index contributed by atoms with van der Waals surface area (Å²) in [6.07, 6.45) is 3.80. The number of para-hydroxylation sites is 1. The highest BCUT2D eigenvalue weighted by Gasteiger charge is 2.26. The molecule has 9 heteroatoms. The first kappa shape index (κ1) is 22.4. The van der Waals surface area contributed by atoms with Crippen LogP contribution in [0.25, 0.3) is 11.3 Å². The average Bonchev–Trinajstić information content (AvgIpc) is 3.09. The van der Waals surface area contributed by atoms with Crippen molar-refractivity contribution in [2.45, 2.75) is 30.6 Å². The summed E-state index contributed by atoms with van der Waals surface area (Å²) >= 11 is 1.30. The standard InChI is InChI=1S/C23H25N3O4S2/c1-30-21-12-5-4-11-19(21)20-16-31-23(24-20)25-22(27)17-9-8-10-18(15-17)32(28,29)26-13-6-2-3-7-14-26/h4-5,8-12,15-16H,2-3,6-7,13-14H2,1H3,(H,24,25,27). The van der Waals surface area contributed by atoms with Crippen molar-refractivity contribution in [1.29, 1.82) is 0 Å². The van der Waals surface area contributed by atoms with Crippen LogP contribution < -0.4 is 10.1 Å². The largest absolute Gasteiger partial charge is 0.496 e. The van der Waals surface area contributed by atoms with Gasteiger partial charge in [0.25, 0.3) is 5.91 Å². The third-order valence-electron chi connectivity index (χ3n) is 5.41. The predicted octanol–water partition coefficient (Wildman–Crippen LogP) is 4.64. The summed E-state index contributed by atoms with van der Waals surface area (Å²) in [6.45, 7) is 1.03. The van der Waals surface area contributed by atoms with Crippen molar-refractivity contribution in [2.24, 2.45) is 0 Å². The maximum Gasteiger partial charge on any atom is 0.257 e. The minimum Gasteiger partial charge on any atom is -0.496 e. The van der Waals surface area contributed by atoms with Crippen molar-refractivity contribution in [3.8, 4) is 17.0 Å². The van der Waals surface area contributed by atoms with Gasteiger partial charge in [0.15, 0.2) is 5.13 Å². The van der Waals surface area contributed by atoms with Crippen LogP contribution in [0.3, 0.4) is 0 Å². The Morgan fingerprint density at radius 3 is 2.56 bits per heavy atom. The van der Waals surface area contributed by atoms with Crippen molar-refractivity contribution < 1.29 is 17.9 Å². The number of nitrogens with one attached hydrogen (secondary N) is 1. The molecule has 1 saturated heterocycles. The van der Waals surface area contributed by atoms with E-state index >= 15 is 0 Å². The van der Waals surface area contributed by atoms with E-state index in [2.05, 4.69) is 10.3 Å². The molecule has 3 aromatic rings. The van der Waals surface area contributed by atoms with E-state index in [1.54, 1.807) is 25.3 Å². The zero-order valence-corrected chi connectivity index (χ0v) is 19.4. The van der Waals surface area contributed by atoms with Crippen LogP contribution in [0, 0.1) is 0 Å². The van der Waals surface area contributed by atoms with Gasteiger partial charge >= 0.3 is 0 Å². The number of nitrogens with zero attached hydrogens (tertiary/aromatic N) is 2. The fourth-order valence-corrected chi connectivity index (χ4v) is 5.98. The minimum absolute atomic E-state index is 0.140. The second kappa shape index (κ2) is 9.81. The second-order valence-corrected chi connectivity index (χ2v) is 10.3. The Labute approximate surface area is 192 Å². The normalized spacial score (nSPS) is 15.2. The number of thiazole rings is 1. The highest BCUT2D eigenvalue weighted by atomic mass is 32.2. The van der Waals surface area contributed by atoms with Crippen molar-refractivity contribution >= 4 is 32.4 Å². The smallest absolute Gasteiger partial charge is 0.257 e. The zero-order chi connectivity index (χ0) is 22.6. The van der Waals surface area contributed by atoms with Gasteiger partial charge in [-0.25, -0.2) is 13.4 Å². The molecule has 2 heterocycles. The molecule has 0 unspecified atom stereocenters. The number of ether oxygens (including phenoxy) is 1. The minimum atomic E-state index is -3.63. The van der Waals surface area contributed by atoms with Crippen LogP contribution in [-0.4, -0.2) is 43.8 Å². The molecule has 0 radical (unpaired) electrons. The van der Waals surface area contributed by atoms with E-state index in [9.17, 15) is 13.2 Å². The number of hydrogen-bond donors (Lipinski definition) is 1. The number of methoxy groups -OCH3 is 1. The summed E-state index contributed by atoms with van der Waals surface area (Å²) in [6, 6.07) is 13.7. The molecule has 7 nitrogen and oxygen atoms in total. The molecule has 1 N–H and O–H groups in total. The first-order chi connectivity index (χ1) is 15.5. The number of hydrogen-bond acceptors (Lipinski definition) is 6. The average molecular weight is 472 g/mol. The molecule has 1 aliphatic heterocycles. The van der Waals surface area contributed by atoms with Gasteiger partial charge in [-0.3, -0.25) is 10.1 Å². The van der Waals surface area contributed by atoms with E-state index < -0.39 is 15.9 Å². The number of rotatable bonds is 6. The molecular formula is C23H25N3O4S2. The third kappa shape index (κ3) is 4.85. The van der Waals surface area contributed by atoms with E-state index in [1.165, 1.54) is 21.7 Å². The lowest BCUT2D eigenvalue weighted by atomic mass is 10.1. The molecule has 168 valence electrons. The third-order valence-corrected chi connectivity index (χ3v) is 8.06. The SMILES string of the molecule is COc1ccccc1-c1csc(NC(=O)c2cccc(S(=O)(=O)N3CCCCCC3)c2)n1. The van der Waals surface area contributed by atoms with Gasteiger partial charge in [-0.1, -0.05) is 31.0 Å². The van der Waals surface area contributed by atoms with Gasteiger partial charge in [-0.05, 0) is 43.2 Å². The zero-order valence-electron chi connectivity index (χ0n) is 17.8. The Morgan fingerprint density at radius 1 is 1.06 bits per heavy atom. The highest BCUT2D eigenvalue weighted by Crippen LogP contribution is 2.32. The number of aromatic nitrogens is 1. The topological polar surface area (TPSA) is 88.6 Å². The van der Waals surface area contributed by atoms with Crippen LogP contribution in [0.15, 0.2) is 58.8 Å². The quantitative estimate of drug-likeness (QED) is 0.566. The molecule has 0 aliphatic carbocycles. The van der Waals surface area contributed by atoms with Crippen molar-refractivity contribution in [3.63, 3.8) is 0 Å². The van der Waals surface area contributed by atoms with Crippen molar-refractivity contribution in [1.82, 2.24) is 9.29 Å². The van der Waals surface area contributed by atoms with Gasteiger partial charge < -0.3 is 4.74 Å². The van der Waals surface area contributed by atoms with Crippen LogP contribution in [0.2, 0.25) is 0 Å². The van der Waals surface area contributed by atoms with Crippen LogP contribution in [0.1, 0.15) is 36.0 Å². The Morgan fingerprint density at radius 2 is 1.81 bits per heavy atom. The van der Waals surface area contributed by atoms with Gasteiger partial charge in [0.2, 0.25) is 10.0 Å². The summed E-state index contributed by atoms with van der Waals surface area (Å²) < 4.78 is 33.0. The summed E-state index contributed by atoms with van der Waals surface area (Å²) in [7, 11) is -2.03. The first-order valence-electron chi connectivity index (χ1n) is 10.5. The van der Waals surface area contributed by atoms with Crippen molar-refractivity contribution in [2.75, 3.05) is 25.5 Å². The number of sulfonamides is 1. The summed E-state index contributed by atoms with van der Waals surface area (Å²) in [5, 5.41) is 5.04. The molecule has 2 aromatic carbocycles. The van der Waals surface area contributed by atoms with E-state index in [0.717, 1.165) is 31.2 Å². The predicted molar refractivity (Wildman–Crippen MR) is 126 cm³/mol. The molecule has 0 bridgehead atoms. The lowest BCUT2D eigenvalue weighted by molar-refractivity contribution is 0.102.